The molecule has 9 nitrogen and oxygen atoms in total. The largest absolute Gasteiger partial charge is 0.472 e. The minimum absolute atomic E-state index is 0.0557. The van der Waals surface area contributed by atoms with Crippen molar-refractivity contribution in [1.82, 2.24) is 0 Å². The molecule has 0 rings (SSSR count). The standard InChI is InChI=1S/C44H88NO8P/c1-3-5-6-7-8-9-10-11-12-13-14-15-16-17-18-19-20-21-22-23-24-25-26-27-28-29-30-31-32-33-34-35-37-43(46)50-40-42(53-44(47)36-4-2)41-52-54(48,49)51-39-38-45/h42H,3-41,45H2,1-2H3,(H,48,49)/t42-/m1/s1. The molecular formula is C44H88NO8P. The second-order valence-electron chi connectivity index (χ2n) is 15.6. The van der Waals surface area contributed by atoms with Gasteiger partial charge in [-0.15, -0.1) is 0 Å². The zero-order valence-electron chi connectivity index (χ0n) is 35.5. The molecule has 0 aromatic heterocycles. The Balaban J connectivity index is 3.48. The van der Waals surface area contributed by atoms with Crippen molar-refractivity contribution in [2.45, 2.75) is 245 Å². The van der Waals surface area contributed by atoms with Gasteiger partial charge in [-0.2, -0.15) is 0 Å². The minimum Gasteiger partial charge on any atom is -0.462 e. The fourth-order valence-electron chi connectivity index (χ4n) is 6.85. The summed E-state index contributed by atoms with van der Waals surface area (Å²) in [5.41, 5.74) is 5.28. The molecule has 3 N–H and O–H groups in total. The molecule has 2 atom stereocenters. The second kappa shape index (κ2) is 41.6. The van der Waals surface area contributed by atoms with Gasteiger partial charge < -0.3 is 20.1 Å². The Kier molecular flexibility index (Phi) is 40.9. The van der Waals surface area contributed by atoms with Gasteiger partial charge in [-0.3, -0.25) is 18.6 Å². The van der Waals surface area contributed by atoms with Crippen LogP contribution in [0.15, 0.2) is 0 Å². The van der Waals surface area contributed by atoms with Crippen molar-refractivity contribution < 1.29 is 37.6 Å². The van der Waals surface area contributed by atoms with Gasteiger partial charge in [-0.25, -0.2) is 4.57 Å². The van der Waals surface area contributed by atoms with Crippen LogP contribution in [0.3, 0.4) is 0 Å². The first-order valence-corrected chi connectivity index (χ1v) is 24.5. The Morgan fingerprint density at radius 3 is 1.17 bits per heavy atom. The summed E-state index contributed by atoms with van der Waals surface area (Å²) in [7, 11) is -4.34. The number of phosphoric acid groups is 1. The highest BCUT2D eigenvalue weighted by atomic mass is 31.2. The number of rotatable bonds is 44. The van der Waals surface area contributed by atoms with E-state index in [9.17, 15) is 19.0 Å². The molecule has 0 saturated heterocycles. The van der Waals surface area contributed by atoms with E-state index in [4.69, 9.17) is 24.3 Å². The van der Waals surface area contributed by atoms with Crippen molar-refractivity contribution in [3.8, 4) is 0 Å². The Labute approximate surface area is 333 Å². The van der Waals surface area contributed by atoms with Gasteiger partial charge in [0.2, 0.25) is 0 Å². The van der Waals surface area contributed by atoms with E-state index in [1.807, 2.05) is 6.92 Å². The van der Waals surface area contributed by atoms with Crippen molar-refractivity contribution in [1.29, 1.82) is 0 Å². The van der Waals surface area contributed by atoms with E-state index in [1.54, 1.807) is 0 Å². The minimum atomic E-state index is -4.34. The number of hydrogen-bond donors (Lipinski definition) is 2. The van der Waals surface area contributed by atoms with Gasteiger partial charge in [0.15, 0.2) is 6.10 Å². The normalized spacial score (nSPS) is 13.2. The summed E-state index contributed by atoms with van der Waals surface area (Å²) < 4.78 is 32.0. The van der Waals surface area contributed by atoms with Crippen LogP contribution in [-0.4, -0.2) is 49.3 Å². The average Bonchev–Trinajstić information content (AvgIpc) is 3.15. The van der Waals surface area contributed by atoms with Crippen LogP contribution < -0.4 is 5.73 Å². The smallest absolute Gasteiger partial charge is 0.462 e. The third kappa shape index (κ3) is 40.7. The fraction of sp³-hybridized carbons (Fsp3) is 0.955. The maximum Gasteiger partial charge on any atom is 0.472 e. The molecule has 0 aromatic carbocycles. The molecule has 10 heteroatoms. The van der Waals surface area contributed by atoms with Gasteiger partial charge in [0.1, 0.15) is 6.61 Å². The number of hydrogen-bond acceptors (Lipinski definition) is 8. The first kappa shape index (κ1) is 53.0. The summed E-state index contributed by atoms with van der Waals surface area (Å²) in [5.74, 6) is -0.877. The zero-order valence-corrected chi connectivity index (χ0v) is 36.4. The molecule has 0 saturated carbocycles. The maximum atomic E-state index is 12.2. The van der Waals surface area contributed by atoms with E-state index in [2.05, 4.69) is 6.92 Å². The quantitative estimate of drug-likeness (QED) is 0.0351. The lowest BCUT2D eigenvalue weighted by molar-refractivity contribution is -0.161. The summed E-state index contributed by atoms with van der Waals surface area (Å²) in [6, 6.07) is 0. The molecular weight excluding hydrogens is 701 g/mol. The number of ether oxygens (including phenoxy) is 2. The number of nitrogens with two attached hydrogens (primary N) is 1. The van der Waals surface area contributed by atoms with E-state index in [1.165, 1.54) is 186 Å². The summed E-state index contributed by atoms with van der Waals surface area (Å²) >= 11 is 0. The SMILES string of the molecule is CCCCCCCCCCCCCCCCCCCCCCCCCCCCCCCCCCC(=O)OC[C@H](COP(=O)(O)OCCN)OC(=O)CCC. The molecule has 0 radical (unpaired) electrons. The Morgan fingerprint density at radius 2 is 0.833 bits per heavy atom. The summed E-state index contributed by atoms with van der Waals surface area (Å²) in [6.07, 6.45) is 43.7. The lowest BCUT2D eigenvalue weighted by atomic mass is 10.0. The van der Waals surface area contributed by atoms with Crippen LogP contribution in [0.25, 0.3) is 0 Å². The maximum absolute atomic E-state index is 12.2. The highest BCUT2D eigenvalue weighted by Gasteiger charge is 2.25. The van der Waals surface area contributed by atoms with E-state index >= 15 is 0 Å². The van der Waals surface area contributed by atoms with Crippen molar-refractivity contribution >= 4 is 19.8 Å². The van der Waals surface area contributed by atoms with Crippen LogP contribution in [0.1, 0.15) is 239 Å². The molecule has 0 amide bonds. The van der Waals surface area contributed by atoms with E-state index < -0.39 is 26.5 Å². The number of phosphoric ester groups is 1. The number of unbranched alkanes of at least 4 members (excludes halogenated alkanes) is 31. The molecule has 0 spiro atoms. The Bertz CT molecular complexity index is 860. The third-order valence-corrected chi connectivity index (χ3v) is 11.2. The van der Waals surface area contributed by atoms with Crippen LogP contribution in [-0.2, 0) is 32.7 Å². The second-order valence-corrected chi connectivity index (χ2v) is 17.1. The predicted octanol–water partition coefficient (Wildman–Crippen LogP) is 13.2. The predicted molar refractivity (Wildman–Crippen MR) is 225 cm³/mol. The first-order chi connectivity index (χ1) is 26.3. The van der Waals surface area contributed by atoms with Gasteiger partial charge >= 0.3 is 19.8 Å². The topological polar surface area (TPSA) is 134 Å². The van der Waals surface area contributed by atoms with Gasteiger partial charge in [-0.05, 0) is 12.8 Å². The van der Waals surface area contributed by atoms with Crippen molar-refractivity contribution in [2.24, 2.45) is 5.73 Å². The molecule has 0 aliphatic heterocycles. The highest BCUT2D eigenvalue weighted by molar-refractivity contribution is 7.47. The van der Waals surface area contributed by atoms with Gasteiger partial charge in [0.05, 0.1) is 13.2 Å². The lowest BCUT2D eigenvalue weighted by Crippen LogP contribution is -2.29. The van der Waals surface area contributed by atoms with E-state index in [-0.39, 0.29) is 38.6 Å². The first-order valence-electron chi connectivity index (χ1n) is 23.0. The lowest BCUT2D eigenvalue weighted by Gasteiger charge is -2.19. The summed E-state index contributed by atoms with van der Waals surface area (Å²) in [6.45, 7) is 3.36. The molecule has 54 heavy (non-hydrogen) atoms. The third-order valence-electron chi connectivity index (χ3n) is 10.2. The van der Waals surface area contributed by atoms with Crippen LogP contribution >= 0.6 is 7.82 Å². The summed E-state index contributed by atoms with van der Waals surface area (Å²) in [4.78, 5) is 33.8. The average molecular weight is 790 g/mol. The molecule has 0 aliphatic carbocycles. The van der Waals surface area contributed by atoms with Crippen molar-refractivity contribution in [2.75, 3.05) is 26.4 Å². The molecule has 0 bridgehead atoms. The van der Waals surface area contributed by atoms with Gasteiger partial charge in [-0.1, -0.05) is 213 Å². The van der Waals surface area contributed by atoms with Crippen LogP contribution in [0, 0.1) is 0 Å². The van der Waals surface area contributed by atoms with Crippen LogP contribution in [0.5, 0.6) is 0 Å². The Hall–Kier alpha value is -0.990. The highest BCUT2D eigenvalue weighted by Crippen LogP contribution is 2.43. The van der Waals surface area contributed by atoms with E-state index in [0.29, 0.717) is 6.42 Å². The Morgan fingerprint density at radius 1 is 0.481 bits per heavy atom. The monoisotopic (exact) mass is 790 g/mol. The van der Waals surface area contributed by atoms with Gasteiger partial charge in [0.25, 0.3) is 0 Å². The molecule has 1 unspecified atom stereocenters. The molecule has 0 aromatic rings. The van der Waals surface area contributed by atoms with Gasteiger partial charge in [0, 0.05) is 19.4 Å². The number of esters is 2. The molecule has 0 heterocycles. The summed E-state index contributed by atoms with van der Waals surface area (Å²) in [5, 5.41) is 0. The van der Waals surface area contributed by atoms with Crippen LogP contribution in [0.4, 0.5) is 0 Å². The van der Waals surface area contributed by atoms with Crippen LogP contribution in [0.2, 0.25) is 0 Å². The number of carbonyl (C=O) groups is 2. The van der Waals surface area contributed by atoms with E-state index in [0.717, 1.165) is 19.3 Å². The fourth-order valence-corrected chi connectivity index (χ4v) is 7.62. The zero-order chi connectivity index (χ0) is 39.6. The van der Waals surface area contributed by atoms with Crippen molar-refractivity contribution in [3.05, 3.63) is 0 Å². The molecule has 0 fully saturated rings. The molecule has 0 aliphatic rings. The van der Waals surface area contributed by atoms with Crippen molar-refractivity contribution in [3.63, 3.8) is 0 Å². The molecule has 322 valence electrons. The number of carbonyl (C=O) groups excluding carboxylic acids is 2.